The van der Waals surface area contributed by atoms with Crippen molar-refractivity contribution in [3.05, 3.63) is 41.7 Å². The fourth-order valence-electron chi connectivity index (χ4n) is 2.06. The lowest BCUT2D eigenvalue weighted by Crippen LogP contribution is -1.94. The molecule has 0 amide bonds. The molecule has 1 aromatic heterocycles. The summed E-state index contributed by atoms with van der Waals surface area (Å²) in [5.41, 5.74) is -0.423. The normalized spacial score (nSPS) is 11.4. The zero-order valence-electron chi connectivity index (χ0n) is 9.97. The average Bonchev–Trinajstić information content (AvgIpc) is 2.78. The summed E-state index contributed by atoms with van der Waals surface area (Å²) < 4.78 is 51.0. The van der Waals surface area contributed by atoms with Crippen LogP contribution in [0, 0.1) is 17.5 Å². The van der Waals surface area contributed by atoms with Gasteiger partial charge in [0.2, 0.25) is 11.6 Å². The Morgan fingerprint density at radius 3 is 2.26 bits per heavy atom. The Morgan fingerprint density at radius 2 is 1.58 bits per heavy atom. The van der Waals surface area contributed by atoms with E-state index in [2.05, 4.69) is 0 Å². The highest BCUT2D eigenvalue weighted by Gasteiger charge is 2.19. The van der Waals surface area contributed by atoms with Crippen molar-refractivity contribution in [2.24, 2.45) is 0 Å². The topological polar surface area (TPSA) is 22.4 Å². The summed E-state index contributed by atoms with van der Waals surface area (Å²) in [6, 6.07) is 5.35. The summed E-state index contributed by atoms with van der Waals surface area (Å²) in [7, 11) is 0. The highest BCUT2D eigenvalue weighted by Crippen LogP contribution is 2.35. The van der Waals surface area contributed by atoms with E-state index in [0.29, 0.717) is 17.4 Å². The van der Waals surface area contributed by atoms with Gasteiger partial charge in [0.1, 0.15) is 0 Å². The molecule has 0 N–H and O–H groups in total. The largest absolute Gasteiger partial charge is 0.491 e. The third-order valence-corrected chi connectivity index (χ3v) is 2.91. The number of halogens is 3. The first-order valence-corrected chi connectivity index (χ1v) is 5.75. The molecule has 98 valence electrons. The average molecular weight is 266 g/mol. The highest BCUT2D eigenvalue weighted by molar-refractivity contribution is 6.05. The molecule has 0 saturated carbocycles. The summed E-state index contributed by atoms with van der Waals surface area (Å²) in [6.45, 7) is 2.02. The SMILES string of the molecule is CCOc1ccc2c(oc3c(F)c(F)ccc32)c1F. The van der Waals surface area contributed by atoms with E-state index in [1.165, 1.54) is 12.1 Å². The van der Waals surface area contributed by atoms with E-state index in [0.717, 1.165) is 6.07 Å². The van der Waals surface area contributed by atoms with Crippen molar-refractivity contribution >= 4 is 21.9 Å². The fourth-order valence-corrected chi connectivity index (χ4v) is 2.06. The van der Waals surface area contributed by atoms with Gasteiger partial charge in [-0.3, -0.25) is 0 Å². The van der Waals surface area contributed by atoms with E-state index in [1.807, 2.05) is 0 Å². The lowest BCUT2D eigenvalue weighted by atomic mass is 10.1. The molecule has 3 aromatic rings. The minimum absolute atomic E-state index is 0.0231. The van der Waals surface area contributed by atoms with Gasteiger partial charge in [0.05, 0.1) is 6.61 Å². The molecule has 0 aliphatic rings. The second-order valence-electron chi connectivity index (χ2n) is 4.03. The smallest absolute Gasteiger partial charge is 0.208 e. The number of fused-ring (bicyclic) bond motifs is 3. The van der Waals surface area contributed by atoms with Gasteiger partial charge >= 0.3 is 0 Å². The summed E-state index contributed by atoms with van der Waals surface area (Å²) >= 11 is 0. The van der Waals surface area contributed by atoms with Gasteiger partial charge in [-0.05, 0) is 31.2 Å². The van der Waals surface area contributed by atoms with E-state index in [1.54, 1.807) is 13.0 Å². The fraction of sp³-hybridized carbons (Fsp3) is 0.143. The van der Waals surface area contributed by atoms with Gasteiger partial charge in [-0.15, -0.1) is 0 Å². The van der Waals surface area contributed by atoms with Gasteiger partial charge in [-0.25, -0.2) is 4.39 Å². The van der Waals surface area contributed by atoms with Gasteiger partial charge < -0.3 is 9.15 Å². The lowest BCUT2D eigenvalue weighted by molar-refractivity contribution is 0.321. The number of benzene rings is 2. The number of furan rings is 1. The molecule has 0 saturated heterocycles. The van der Waals surface area contributed by atoms with Crippen molar-refractivity contribution in [2.75, 3.05) is 6.61 Å². The predicted octanol–water partition coefficient (Wildman–Crippen LogP) is 4.40. The molecule has 19 heavy (non-hydrogen) atoms. The zero-order chi connectivity index (χ0) is 13.6. The Morgan fingerprint density at radius 1 is 0.947 bits per heavy atom. The summed E-state index contributed by atoms with van der Waals surface area (Å²) in [5, 5.41) is 0.714. The van der Waals surface area contributed by atoms with Crippen molar-refractivity contribution in [1.82, 2.24) is 0 Å². The molecule has 3 rings (SSSR count). The van der Waals surface area contributed by atoms with Crippen LogP contribution in [-0.2, 0) is 0 Å². The number of ether oxygens (including phenoxy) is 1. The maximum Gasteiger partial charge on any atom is 0.208 e. The van der Waals surface area contributed by atoms with Gasteiger partial charge in [-0.2, -0.15) is 8.78 Å². The van der Waals surface area contributed by atoms with Crippen LogP contribution >= 0.6 is 0 Å². The second kappa shape index (κ2) is 4.19. The maximum atomic E-state index is 14.1. The minimum Gasteiger partial charge on any atom is -0.491 e. The van der Waals surface area contributed by atoms with Crippen LogP contribution < -0.4 is 4.74 Å². The molecule has 0 fully saturated rings. The number of hydrogen-bond donors (Lipinski definition) is 0. The summed E-state index contributed by atoms with van der Waals surface area (Å²) in [4.78, 5) is 0. The van der Waals surface area contributed by atoms with Gasteiger partial charge in [-0.1, -0.05) is 0 Å². The number of rotatable bonds is 2. The summed E-state index contributed by atoms with van der Waals surface area (Å²) in [6.07, 6.45) is 0. The lowest BCUT2D eigenvalue weighted by Gasteiger charge is -2.03. The second-order valence-corrected chi connectivity index (χ2v) is 4.03. The van der Waals surface area contributed by atoms with Crippen molar-refractivity contribution in [2.45, 2.75) is 6.92 Å². The molecule has 1 heterocycles. The minimum atomic E-state index is -1.12. The van der Waals surface area contributed by atoms with E-state index < -0.39 is 17.5 Å². The molecule has 2 aromatic carbocycles. The molecule has 5 heteroatoms. The predicted molar refractivity (Wildman–Crippen MR) is 64.8 cm³/mol. The van der Waals surface area contributed by atoms with Gasteiger partial charge in [0.25, 0.3) is 0 Å². The Kier molecular flexibility index (Phi) is 2.62. The van der Waals surface area contributed by atoms with Crippen molar-refractivity contribution < 1.29 is 22.3 Å². The van der Waals surface area contributed by atoms with Crippen LogP contribution in [0.25, 0.3) is 21.9 Å². The Bertz CT molecular complexity index is 777. The van der Waals surface area contributed by atoms with E-state index in [-0.39, 0.29) is 16.9 Å². The Labute approximate surface area is 106 Å². The maximum absolute atomic E-state index is 14.1. The zero-order valence-corrected chi connectivity index (χ0v) is 9.97. The van der Waals surface area contributed by atoms with E-state index in [4.69, 9.17) is 9.15 Å². The van der Waals surface area contributed by atoms with Crippen molar-refractivity contribution in [1.29, 1.82) is 0 Å². The van der Waals surface area contributed by atoms with Crippen LogP contribution in [0.15, 0.2) is 28.7 Å². The highest BCUT2D eigenvalue weighted by atomic mass is 19.2. The van der Waals surface area contributed by atoms with Gasteiger partial charge in [0.15, 0.2) is 22.7 Å². The molecular formula is C14H9F3O2. The molecule has 0 bridgehead atoms. The standard InChI is InChI=1S/C14H9F3O2/c1-2-18-10-6-4-8-7-3-5-9(15)11(16)13(7)19-14(8)12(10)17/h3-6H,2H2,1H3. The molecule has 0 radical (unpaired) electrons. The van der Waals surface area contributed by atoms with Crippen LogP contribution in [0.3, 0.4) is 0 Å². The first-order valence-electron chi connectivity index (χ1n) is 5.75. The van der Waals surface area contributed by atoms with E-state index in [9.17, 15) is 13.2 Å². The molecule has 0 aliphatic carbocycles. The first-order chi connectivity index (χ1) is 9.13. The molecule has 0 unspecified atom stereocenters. The molecule has 0 aliphatic heterocycles. The quantitative estimate of drug-likeness (QED) is 0.685. The molecule has 2 nitrogen and oxygen atoms in total. The summed E-state index contributed by atoms with van der Waals surface area (Å²) in [5.74, 6) is -2.84. The van der Waals surface area contributed by atoms with Crippen LogP contribution in [0.4, 0.5) is 13.2 Å². The number of hydrogen-bond acceptors (Lipinski definition) is 2. The molecule has 0 atom stereocenters. The third kappa shape index (κ3) is 1.65. The van der Waals surface area contributed by atoms with Crippen molar-refractivity contribution in [3.8, 4) is 5.75 Å². The van der Waals surface area contributed by atoms with Crippen LogP contribution in [0.2, 0.25) is 0 Å². The Hall–Kier alpha value is -2.17. The van der Waals surface area contributed by atoms with Crippen LogP contribution in [-0.4, -0.2) is 6.61 Å². The third-order valence-electron chi connectivity index (χ3n) is 2.91. The molecular weight excluding hydrogens is 257 g/mol. The Balaban J connectivity index is 2.39. The monoisotopic (exact) mass is 266 g/mol. The van der Waals surface area contributed by atoms with Crippen LogP contribution in [0.5, 0.6) is 5.75 Å². The van der Waals surface area contributed by atoms with Crippen LogP contribution in [0.1, 0.15) is 6.92 Å². The van der Waals surface area contributed by atoms with Gasteiger partial charge in [0, 0.05) is 10.8 Å². The van der Waals surface area contributed by atoms with Crippen molar-refractivity contribution in [3.63, 3.8) is 0 Å². The first kappa shape index (κ1) is 11.9. The molecule has 0 spiro atoms. The van der Waals surface area contributed by atoms with E-state index >= 15 is 0 Å².